The van der Waals surface area contributed by atoms with Gasteiger partial charge in [-0.05, 0) is 12.8 Å². The number of aliphatic hydroxyl groups excluding tert-OH is 1. The molecule has 0 amide bonds. The molecule has 0 unspecified atom stereocenters. The quantitative estimate of drug-likeness (QED) is 0.256. The molecular formula is C20H40O3. The summed E-state index contributed by atoms with van der Waals surface area (Å²) in [6.45, 7) is 2.42. The summed E-state index contributed by atoms with van der Waals surface area (Å²) in [5.41, 5.74) is 0. The second-order valence-electron chi connectivity index (χ2n) is 6.72. The zero-order valence-electron chi connectivity index (χ0n) is 15.5. The number of ether oxygens (including phenoxy) is 1. The predicted octanol–water partition coefficient (Wildman–Crippen LogP) is 5.78. The van der Waals surface area contributed by atoms with Gasteiger partial charge in [-0.15, -0.1) is 0 Å². The van der Waals surface area contributed by atoms with Crippen molar-refractivity contribution in [1.29, 1.82) is 0 Å². The Morgan fingerprint density at radius 3 is 1.22 bits per heavy atom. The minimum atomic E-state index is -0.160. The fourth-order valence-corrected chi connectivity index (χ4v) is 2.90. The topological polar surface area (TPSA) is 46.5 Å². The first-order valence-electron chi connectivity index (χ1n) is 10.0. The van der Waals surface area contributed by atoms with E-state index in [0.29, 0.717) is 13.2 Å². The summed E-state index contributed by atoms with van der Waals surface area (Å²) in [5.74, 6) is -0.160. The Labute approximate surface area is 144 Å². The van der Waals surface area contributed by atoms with Gasteiger partial charge in [-0.2, -0.15) is 0 Å². The first-order chi connectivity index (χ1) is 11.3. The van der Waals surface area contributed by atoms with Gasteiger partial charge in [0.15, 0.2) is 0 Å². The molecule has 0 aliphatic heterocycles. The van der Waals surface area contributed by atoms with Crippen molar-refractivity contribution in [2.45, 2.75) is 110 Å². The molecule has 0 atom stereocenters. The molecule has 0 aliphatic rings. The fraction of sp³-hybridized carbons (Fsp3) is 0.950. The lowest BCUT2D eigenvalue weighted by Gasteiger charge is -2.04. The summed E-state index contributed by atoms with van der Waals surface area (Å²) in [4.78, 5) is 10.6. The lowest BCUT2D eigenvalue weighted by Crippen LogP contribution is -2.00. The molecule has 0 spiro atoms. The van der Waals surface area contributed by atoms with Crippen molar-refractivity contribution in [3.05, 3.63) is 0 Å². The largest absolute Gasteiger partial charge is 0.466 e. The van der Waals surface area contributed by atoms with E-state index < -0.39 is 0 Å². The maximum absolute atomic E-state index is 10.6. The lowest BCUT2D eigenvalue weighted by molar-refractivity contribution is -0.141. The van der Waals surface area contributed by atoms with E-state index in [1.807, 2.05) is 0 Å². The average molecular weight is 329 g/mol. The molecule has 0 radical (unpaired) electrons. The minimum absolute atomic E-state index is 0.160. The third-order valence-electron chi connectivity index (χ3n) is 4.36. The summed E-state index contributed by atoms with van der Waals surface area (Å²) in [7, 11) is 0. The van der Waals surface area contributed by atoms with Crippen molar-refractivity contribution in [2.75, 3.05) is 13.2 Å². The molecule has 0 aromatic carbocycles. The summed E-state index contributed by atoms with van der Waals surface area (Å²) >= 11 is 0. The van der Waals surface area contributed by atoms with Gasteiger partial charge in [-0.3, -0.25) is 4.79 Å². The standard InChI is InChI=1S/C20H40O3/c1-20(22)23-19-17-15-13-11-9-7-5-3-2-4-6-8-10-12-14-16-18-21/h21H,2-19H2,1H3. The molecule has 23 heavy (non-hydrogen) atoms. The summed E-state index contributed by atoms with van der Waals surface area (Å²) in [5, 5.41) is 8.69. The third kappa shape index (κ3) is 21.4. The van der Waals surface area contributed by atoms with Gasteiger partial charge in [-0.1, -0.05) is 89.9 Å². The lowest BCUT2D eigenvalue weighted by atomic mass is 10.0. The maximum atomic E-state index is 10.6. The van der Waals surface area contributed by atoms with Crippen molar-refractivity contribution in [3.8, 4) is 0 Å². The normalized spacial score (nSPS) is 10.9. The number of esters is 1. The molecule has 0 saturated heterocycles. The summed E-state index contributed by atoms with van der Waals surface area (Å²) in [6.07, 6.45) is 20.7. The van der Waals surface area contributed by atoms with Crippen LogP contribution in [-0.4, -0.2) is 24.3 Å². The van der Waals surface area contributed by atoms with Gasteiger partial charge in [-0.25, -0.2) is 0 Å². The highest BCUT2D eigenvalue weighted by molar-refractivity contribution is 5.65. The Morgan fingerprint density at radius 2 is 0.913 bits per heavy atom. The van der Waals surface area contributed by atoms with E-state index >= 15 is 0 Å². The van der Waals surface area contributed by atoms with Gasteiger partial charge in [0.2, 0.25) is 0 Å². The molecule has 0 aliphatic carbocycles. The van der Waals surface area contributed by atoms with Gasteiger partial charge in [0.1, 0.15) is 0 Å². The van der Waals surface area contributed by atoms with Crippen LogP contribution in [0.5, 0.6) is 0 Å². The highest BCUT2D eigenvalue weighted by atomic mass is 16.5. The molecule has 0 fully saturated rings. The Balaban J connectivity index is 2.96. The zero-order chi connectivity index (χ0) is 17.0. The molecule has 0 aromatic heterocycles. The van der Waals surface area contributed by atoms with Gasteiger partial charge >= 0.3 is 5.97 Å². The zero-order valence-corrected chi connectivity index (χ0v) is 15.5. The molecule has 0 aromatic rings. The summed E-state index contributed by atoms with van der Waals surface area (Å²) in [6, 6.07) is 0. The second-order valence-corrected chi connectivity index (χ2v) is 6.72. The Hall–Kier alpha value is -0.570. The van der Waals surface area contributed by atoms with Gasteiger partial charge < -0.3 is 9.84 Å². The first-order valence-corrected chi connectivity index (χ1v) is 10.0. The average Bonchev–Trinajstić information content (AvgIpc) is 2.53. The van der Waals surface area contributed by atoms with E-state index in [1.54, 1.807) is 0 Å². The van der Waals surface area contributed by atoms with Crippen molar-refractivity contribution in [1.82, 2.24) is 0 Å². The Bertz CT molecular complexity index is 241. The van der Waals surface area contributed by atoms with E-state index in [2.05, 4.69) is 0 Å². The van der Waals surface area contributed by atoms with Crippen LogP contribution in [-0.2, 0) is 9.53 Å². The van der Waals surface area contributed by atoms with Crippen LogP contribution in [0.4, 0.5) is 0 Å². The van der Waals surface area contributed by atoms with E-state index in [0.717, 1.165) is 12.8 Å². The molecular weight excluding hydrogens is 288 g/mol. The SMILES string of the molecule is CC(=O)OCCCCCCCCCCCCCCCCCCO. The first kappa shape index (κ1) is 22.4. The van der Waals surface area contributed by atoms with Crippen LogP contribution in [0, 0.1) is 0 Å². The van der Waals surface area contributed by atoms with Crippen molar-refractivity contribution in [2.24, 2.45) is 0 Å². The summed E-state index contributed by atoms with van der Waals surface area (Å²) < 4.78 is 4.92. The van der Waals surface area contributed by atoms with Crippen LogP contribution in [0.15, 0.2) is 0 Å². The van der Waals surface area contributed by atoms with Crippen molar-refractivity contribution >= 4 is 5.97 Å². The molecule has 0 heterocycles. The molecule has 3 nitrogen and oxygen atoms in total. The van der Waals surface area contributed by atoms with Gasteiger partial charge in [0.05, 0.1) is 6.61 Å². The monoisotopic (exact) mass is 328 g/mol. The van der Waals surface area contributed by atoms with Crippen LogP contribution in [0.1, 0.15) is 110 Å². The number of hydrogen-bond acceptors (Lipinski definition) is 3. The predicted molar refractivity (Wildman–Crippen MR) is 97.6 cm³/mol. The van der Waals surface area contributed by atoms with Crippen LogP contribution in [0.2, 0.25) is 0 Å². The smallest absolute Gasteiger partial charge is 0.302 e. The number of rotatable bonds is 18. The van der Waals surface area contributed by atoms with Gasteiger partial charge in [0, 0.05) is 13.5 Å². The van der Waals surface area contributed by atoms with Crippen LogP contribution in [0.3, 0.4) is 0 Å². The van der Waals surface area contributed by atoms with Gasteiger partial charge in [0.25, 0.3) is 0 Å². The number of carbonyl (C=O) groups excluding carboxylic acids is 1. The molecule has 1 N–H and O–H groups in total. The van der Waals surface area contributed by atoms with Crippen molar-refractivity contribution < 1.29 is 14.6 Å². The fourth-order valence-electron chi connectivity index (χ4n) is 2.90. The number of carbonyl (C=O) groups is 1. The van der Waals surface area contributed by atoms with E-state index in [-0.39, 0.29) is 5.97 Å². The highest BCUT2D eigenvalue weighted by Crippen LogP contribution is 2.13. The second kappa shape index (κ2) is 19.5. The number of unbranched alkanes of at least 4 members (excludes halogenated alkanes) is 15. The minimum Gasteiger partial charge on any atom is -0.466 e. The van der Waals surface area contributed by atoms with E-state index in [4.69, 9.17) is 9.84 Å². The Morgan fingerprint density at radius 1 is 0.609 bits per heavy atom. The Kier molecular flexibility index (Phi) is 19.0. The highest BCUT2D eigenvalue weighted by Gasteiger charge is 1.96. The van der Waals surface area contributed by atoms with Crippen LogP contribution >= 0.6 is 0 Å². The molecule has 0 saturated carbocycles. The molecule has 0 rings (SSSR count). The number of aliphatic hydroxyl groups is 1. The van der Waals surface area contributed by atoms with Crippen molar-refractivity contribution in [3.63, 3.8) is 0 Å². The van der Waals surface area contributed by atoms with E-state index in [9.17, 15) is 4.79 Å². The molecule has 3 heteroatoms. The maximum Gasteiger partial charge on any atom is 0.302 e. The number of hydrogen-bond donors (Lipinski definition) is 1. The van der Waals surface area contributed by atoms with Crippen LogP contribution in [0.25, 0.3) is 0 Å². The van der Waals surface area contributed by atoms with E-state index in [1.165, 1.54) is 96.8 Å². The third-order valence-corrected chi connectivity index (χ3v) is 4.36. The molecule has 0 bridgehead atoms. The molecule has 138 valence electrons. The van der Waals surface area contributed by atoms with Crippen LogP contribution < -0.4 is 0 Å².